The largest absolute Gasteiger partial charge is 0.462 e. The Bertz CT molecular complexity index is 889. The van der Waals surface area contributed by atoms with Crippen LogP contribution in [0, 0.1) is 13.8 Å². The zero-order chi connectivity index (χ0) is 20.3. The molecule has 0 bridgehead atoms. The second kappa shape index (κ2) is 9.05. The SMILES string of the molecule is CCOC(=O)c1c(NC(=S)NC(C)c2cc(C)ccc2C)sc2c1CCCC2. The van der Waals surface area contributed by atoms with Crippen molar-refractivity contribution < 1.29 is 9.53 Å². The molecule has 28 heavy (non-hydrogen) atoms. The Morgan fingerprint density at radius 3 is 2.79 bits per heavy atom. The molecule has 0 spiro atoms. The van der Waals surface area contributed by atoms with Crippen LogP contribution in [0.1, 0.15) is 70.2 Å². The van der Waals surface area contributed by atoms with Crippen molar-refractivity contribution in [1.29, 1.82) is 0 Å². The third kappa shape index (κ3) is 4.55. The van der Waals surface area contributed by atoms with Crippen molar-refractivity contribution in [3.05, 3.63) is 50.9 Å². The van der Waals surface area contributed by atoms with Gasteiger partial charge in [0.05, 0.1) is 18.2 Å². The van der Waals surface area contributed by atoms with E-state index >= 15 is 0 Å². The molecular weight excluding hydrogens is 388 g/mol. The smallest absolute Gasteiger partial charge is 0.341 e. The summed E-state index contributed by atoms with van der Waals surface area (Å²) in [7, 11) is 0. The number of aryl methyl sites for hydroxylation is 3. The van der Waals surface area contributed by atoms with Crippen LogP contribution >= 0.6 is 23.6 Å². The molecule has 1 atom stereocenters. The van der Waals surface area contributed by atoms with Crippen LogP contribution in [0.2, 0.25) is 0 Å². The fourth-order valence-corrected chi connectivity index (χ4v) is 5.34. The minimum atomic E-state index is -0.255. The number of carbonyl (C=O) groups excluding carboxylic acids is 1. The van der Waals surface area contributed by atoms with Crippen molar-refractivity contribution in [2.75, 3.05) is 11.9 Å². The van der Waals surface area contributed by atoms with E-state index in [1.807, 2.05) is 6.92 Å². The Hall–Kier alpha value is -1.92. The number of hydrogen-bond donors (Lipinski definition) is 2. The number of thiocarbonyl (C=S) groups is 1. The van der Waals surface area contributed by atoms with Crippen LogP contribution in [0.5, 0.6) is 0 Å². The fraction of sp³-hybridized carbons (Fsp3) is 0.455. The third-order valence-electron chi connectivity index (χ3n) is 5.13. The lowest BCUT2D eigenvalue weighted by Crippen LogP contribution is -2.31. The predicted molar refractivity (Wildman–Crippen MR) is 121 cm³/mol. The number of esters is 1. The summed E-state index contributed by atoms with van der Waals surface area (Å²) in [5.41, 5.74) is 5.49. The van der Waals surface area contributed by atoms with E-state index in [9.17, 15) is 4.79 Å². The highest BCUT2D eigenvalue weighted by molar-refractivity contribution is 7.80. The summed E-state index contributed by atoms with van der Waals surface area (Å²) in [6, 6.07) is 6.50. The Labute approximate surface area is 176 Å². The van der Waals surface area contributed by atoms with Crippen LogP contribution in [0.25, 0.3) is 0 Å². The topological polar surface area (TPSA) is 50.4 Å². The molecule has 4 nitrogen and oxygen atoms in total. The average molecular weight is 417 g/mol. The third-order valence-corrected chi connectivity index (χ3v) is 6.55. The zero-order valence-corrected chi connectivity index (χ0v) is 18.6. The lowest BCUT2D eigenvalue weighted by atomic mass is 9.95. The van der Waals surface area contributed by atoms with Crippen LogP contribution in [-0.2, 0) is 17.6 Å². The van der Waals surface area contributed by atoms with Gasteiger partial charge in [0.25, 0.3) is 0 Å². The first-order chi connectivity index (χ1) is 13.4. The maximum Gasteiger partial charge on any atom is 0.341 e. The molecule has 1 aromatic carbocycles. The van der Waals surface area contributed by atoms with E-state index < -0.39 is 0 Å². The molecule has 0 saturated carbocycles. The lowest BCUT2D eigenvalue weighted by molar-refractivity contribution is 0.0526. The van der Waals surface area contributed by atoms with Crippen LogP contribution in [0.4, 0.5) is 5.00 Å². The van der Waals surface area contributed by atoms with Gasteiger partial charge in [-0.1, -0.05) is 23.8 Å². The van der Waals surface area contributed by atoms with E-state index in [4.69, 9.17) is 17.0 Å². The van der Waals surface area contributed by atoms with Gasteiger partial charge in [-0.15, -0.1) is 11.3 Å². The molecule has 1 unspecified atom stereocenters. The highest BCUT2D eigenvalue weighted by Crippen LogP contribution is 2.38. The molecule has 0 saturated heterocycles. The van der Waals surface area contributed by atoms with Crippen LogP contribution < -0.4 is 10.6 Å². The maximum absolute atomic E-state index is 12.6. The van der Waals surface area contributed by atoms with Gasteiger partial charge >= 0.3 is 5.97 Å². The highest BCUT2D eigenvalue weighted by atomic mass is 32.1. The molecule has 2 aromatic rings. The summed E-state index contributed by atoms with van der Waals surface area (Å²) < 4.78 is 5.32. The van der Waals surface area contributed by atoms with E-state index in [1.54, 1.807) is 11.3 Å². The van der Waals surface area contributed by atoms with E-state index in [0.717, 1.165) is 29.8 Å². The van der Waals surface area contributed by atoms with Gasteiger partial charge < -0.3 is 15.4 Å². The Morgan fingerprint density at radius 1 is 1.29 bits per heavy atom. The number of rotatable bonds is 5. The van der Waals surface area contributed by atoms with E-state index in [-0.39, 0.29) is 12.0 Å². The molecule has 1 aliphatic carbocycles. The first-order valence-corrected chi connectivity index (χ1v) is 11.1. The summed E-state index contributed by atoms with van der Waals surface area (Å²) in [6.45, 7) is 8.50. The normalized spacial score (nSPS) is 14.1. The molecule has 6 heteroatoms. The molecule has 0 aliphatic heterocycles. The van der Waals surface area contributed by atoms with Gasteiger partial charge in [-0.3, -0.25) is 0 Å². The van der Waals surface area contributed by atoms with Crippen molar-refractivity contribution >= 4 is 39.6 Å². The minimum Gasteiger partial charge on any atom is -0.462 e. The number of carbonyl (C=O) groups is 1. The van der Waals surface area contributed by atoms with Gasteiger partial charge in [-0.05, 0) is 82.3 Å². The number of thiophene rings is 1. The monoisotopic (exact) mass is 416 g/mol. The van der Waals surface area contributed by atoms with E-state index in [2.05, 4.69) is 49.6 Å². The first kappa shape index (κ1) is 20.8. The second-order valence-corrected chi connectivity index (χ2v) is 8.83. The van der Waals surface area contributed by atoms with Crippen molar-refractivity contribution in [3.63, 3.8) is 0 Å². The molecule has 3 rings (SSSR count). The summed E-state index contributed by atoms with van der Waals surface area (Å²) in [5.74, 6) is -0.255. The summed E-state index contributed by atoms with van der Waals surface area (Å²) in [4.78, 5) is 13.9. The van der Waals surface area contributed by atoms with Crippen LogP contribution in [0.15, 0.2) is 18.2 Å². The molecular formula is C22H28N2O2S2. The molecule has 2 N–H and O–H groups in total. The number of nitrogens with one attached hydrogen (secondary N) is 2. The van der Waals surface area contributed by atoms with Crippen LogP contribution in [0.3, 0.4) is 0 Å². The van der Waals surface area contributed by atoms with Crippen molar-refractivity contribution in [2.45, 2.75) is 59.4 Å². The predicted octanol–water partition coefficient (Wildman–Crippen LogP) is 5.47. The molecule has 1 heterocycles. The highest BCUT2D eigenvalue weighted by Gasteiger charge is 2.27. The van der Waals surface area contributed by atoms with E-state index in [1.165, 1.54) is 28.0 Å². The van der Waals surface area contributed by atoms with E-state index in [0.29, 0.717) is 17.3 Å². The first-order valence-electron chi connectivity index (χ1n) is 9.87. The van der Waals surface area contributed by atoms with Gasteiger partial charge in [0.2, 0.25) is 0 Å². The van der Waals surface area contributed by atoms with Gasteiger partial charge in [0.15, 0.2) is 5.11 Å². The fourth-order valence-electron chi connectivity index (χ4n) is 3.71. The summed E-state index contributed by atoms with van der Waals surface area (Å²) >= 11 is 7.21. The summed E-state index contributed by atoms with van der Waals surface area (Å²) in [5, 5.41) is 7.97. The lowest BCUT2D eigenvalue weighted by Gasteiger charge is -2.19. The Morgan fingerprint density at radius 2 is 2.04 bits per heavy atom. The maximum atomic E-state index is 12.6. The average Bonchev–Trinajstić information content (AvgIpc) is 3.01. The second-order valence-electron chi connectivity index (χ2n) is 7.32. The van der Waals surface area contributed by atoms with Gasteiger partial charge in [0, 0.05) is 4.88 Å². The van der Waals surface area contributed by atoms with Gasteiger partial charge in [0.1, 0.15) is 5.00 Å². The summed E-state index contributed by atoms with van der Waals surface area (Å²) in [6.07, 6.45) is 4.23. The standard InChI is InChI=1S/C22H28N2O2S2/c1-5-26-21(25)19-16-8-6-7-9-18(16)28-20(19)24-22(27)23-15(4)17-12-13(2)10-11-14(17)3/h10-12,15H,5-9H2,1-4H3,(H2,23,24,27). The van der Waals surface area contributed by atoms with Crippen molar-refractivity contribution in [3.8, 4) is 0 Å². The zero-order valence-electron chi connectivity index (χ0n) is 17.0. The molecule has 0 fully saturated rings. The Balaban J connectivity index is 1.79. The van der Waals surface area contributed by atoms with Gasteiger partial charge in [-0.2, -0.15) is 0 Å². The quantitative estimate of drug-likeness (QED) is 0.500. The molecule has 1 aliphatic rings. The minimum absolute atomic E-state index is 0.0699. The number of hydrogen-bond acceptors (Lipinski definition) is 4. The van der Waals surface area contributed by atoms with Crippen molar-refractivity contribution in [1.82, 2.24) is 5.32 Å². The molecule has 1 aromatic heterocycles. The molecule has 0 radical (unpaired) electrons. The van der Waals surface area contributed by atoms with Crippen molar-refractivity contribution in [2.24, 2.45) is 0 Å². The molecule has 0 amide bonds. The molecule has 150 valence electrons. The van der Waals surface area contributed by atoms with Crippen LogP contribution in [-0.4, -0.2) is 17.7 Å². The number of anilines is 1. The number of benzene rings is 1. The Kier molecular flexibility index (Phi) is 6.73. The number of fused-ring (bicyclic) bond motifs is 1. The number of ether oxygens (including phenoxy) is 1. The van der Waals surface area contributed by atoms with Gasteiger partial charge in [-0.25, -0.2) is 4.79 Å².